The molecule has 0 heterocycles. The molecule has 0 saturated carbocycles. The average molecular weight is 188 g/mol. The zero-order valence-corrected chi connectivity index (χ0v) is 7.45. The Hall–Kier alpha value is -0.670. The number of nitrogens with zero attached hydrogens (tertiary/aromatic N) is 1. The van der Waals surface area contributed by atoms with Crippen LogP contribution in [-0.2, 0) is 12.8 Å². The molecule has 0 N–H and O–H groups in total. The standard InChI is InChI=1S/C7H6ClNOS/c1-5-4-6(8)2-3-7(5)9(10)11/h2-4H,1H3. The molecule has 0 saturated heterocycles. The summed E-state index contributed by atoms with van der Waals surface area (Å²) in [5, 5.41) is 0.614. The zero-order chi connectivity index (χ0) is 8.43. The third kappa shape index (κ3) is 1.88. The van der Waals surface area contributed by atoms with E-state index in [0.29, 0.717) is 14.9 Å². The Morgan fingerprint density at radius 2 is 2.18 bits per heavy atom. The molecule has 0 bridgehead atoms. The van der Waals surface area contributed by atoms with Crippen molar-refractivity contribution < 1.29 is 4.17 Å². The lowest BCUT2D eigenvalue weighted by molar-refractivity contribution is -0.263. The van der Waals surface area contributed by atoms with Gasteiger partial charge in [-0.25, -0.2) is 0 Å². The monoisotopic (exact) mass is 187 g/mol. The molecule has 0 fully saturated rings. The van der Waals surface area contributed by atoms with Crippen LogP contribution >= 0.6 is 11.6 Å². The maximum Gasteiger partial charge on any atom is 0.240 e. The molecular formula is C7H6ClNOS. The number of hydrogen-bond acceptors (Lipinski definition) is 2. The normalized spacial score (nSPS) is 9.64. The Balaban J connectivity index is 3.20. The Morgan fingerprint density at radius 3 is 2.64 bits per heavy atom. The van der Waals surface area contributed by atoms with E-state index in [4.69, 9.17) is 11.6 Å². The summed E-state index contributed by atoms with van der Waals surface area (Å²) < 4.78 is 0.408. The van der Waals surface area contributed by atoms with Crippen molar-refractivity contribution in [3.63, 3.8) is 0 Å². The second-order valence-corrected chi connectivity index (χ2v) is 2.96. The maximum absolute atomic E-state index is 10.7. The highest BCUT2D eigenvalue weighted by Gasteiger charge is 2.05. The first-order valence-electron chi connectivity index (χ1n) is 3.02. The molecule has 0 aliphatic carbocycles. The van der Waals surface area contributed by atoms with Gasteiger partial charge in [0.1, 0.15) is 0 Å². The van der Waals surface area contributed by atoms with E-state index in [1.54, 1.807) is 25.1 Å². The van der Waals surface area contributed by atoms with Gasteiger partial charge in [0, 0.05) is 21.6 Å². The van der Waals surface area contributed by atoms with Crippen LogP contribution in [0, 0.1) is 11.8 Å². The van der Waals surface area contributed by atoms with Crippen LogP contribution in [0.25, 0.3) is 0 Å². The van der Waals surface area contributed by atoms with Gasteiger partial charge < -0.3 is 12.8 Å². The lowest BCUT2D eigenvalue weighted by Gasteiger charge is -1.98. The summed E-state index contributed by atoms with van der Waals surface area (Å²) in [4.78, 5) is 10.7. The molecule has 0 unspecified atom stereocenters. The predicted molar refractivity (Wildman–Crippen MR) is 46.8 cm³/mol. The molecule has 0 aliphatic heterocycles. The fourth-order valence-corrected chi connectivity index (χ4v) is 1.26. The number of halogens is 1. The van der Waals surface area contributed by atoms with E-state index in [2.05, 4.69) is 12.8 Å². The summed E-state index contributed by atoms with van der Waals surface area (Å²) in [5.41, 5.74) is 1.27. The van der Waals surface area contributed by atoms with Crippen LogP contribution in [0.1, 0.15) is 5.56 Å². The zero-order valence-electron chi connectivity index (χ0n) is 5.87. The largest absolute Gasteiger partial charge is 0.364 e. The molecule has 0 aromatic heterocycles. The molecule has 0 atom stereocenters. The quantitative estimate of drug-likeness (QED) is 0.498. The molecule has 2 nitrogen and oxygen atoms in total. The van der Waals surface area contributed by atoms with Gasteiger partial charge in [0.05, 0.1) is 0 Å². The van der Waals surface area contributed by atoms with Gasteiger partial charge in [0.25, 0.3) is 0 Å². The SMILES string of the molecule is Cc1cc(Cl)ccc1[N+](=O)[S-]. The molecule has 4 heteroatoms. The third-order valence-electron chi connectivity index (χ3n) is 1.36. The van der Waals surface area contributed by atoms with Crippen molar-refractivity contribution >= 4 is 30.1 Å². The highest BCUT2D eigenvalue weighted by Crippen LogP contribution is 2.20. The molecule has 0 aliphatic rings. The van der Waals surface area contributed by atoms with Crippen molar-refractivity contribution in [3.05, 3.63) is 33.7 Å². The Morgan fingerprint density at radius 1 is 1.55 bits per heavy atom. The van der Waals surface area contributed by atoms with E-state index >= 15 is 0 Å². The van der Waals surface area contributed by atoms with E-state index in [1.165, 1.54) is 0 Å². The number of benzene rings is 1. The Labute approximate surface area is 75.3 Å². The topological polar surface area (TPSA) is 20.1 Å². The molecule has 58 valence electrons. The molecule has 11 heavy (non-hydrogen) atoms. The lowest BCUT2D eigenvalue weighted by Crippen LogP contribution is -1.90. The van der Waals surface area contributed by atoms with Crippen molar-refractivity contribution in [3.8, 4) is 0 Å². The highest BCUT2D eigenvalue weighted by molar-refractivity contribution is 7.51. The van der Waals surface area contributed by atoms with Crippen molar-refractivity contribution in [2.45, 2.75) is 6.92 Å². The Kier molecular flexibility index (Phi) is 2.42. The van der Waals surface area contributed by atoms with Crippen LogP contribution in [0.5, 0.6) is 0 Å². The van der Waals surface area contributed by atoms with Gasteiger partial charge in [-0.3, -0.25) is 0 Å². The lowest BCUT2D eigenvalue weighted by atomic mass is 10.2. The van der Waals surface area contributed by atoms with E-state index in [0.717, 1.165) is 5.56 Å². The second-order valence-electron chi connectivity index (χ2n) is 2.19. The minimum Gasteiger partial charge on any atom is -0.364 e. The summed E-state index contributed by atoms with van der Waals surface area (Å²) in [5.74, 6) is 0. The van der Waals surface area contributed by atoms with Gasteiger partial charge in [0.2, 0.25) is 5.69 Å². The first kappa shape index (κ1) is 8.43. The van der Waals surface area contributed by atoms with Crippen LogP contribution < -0.4 is 0 Å². The van der Waals surface area contributed by atoms with Gasteiger partial charge in [-0.2, -0.15) is 0 Å². The van der Waals surface area contributed by atoms with Crippen LogP contribution in [0.3, 0.4) is 0 Å². The number of hydrogen-bond donors (Lipinski definition) is 0. The minimum atomic E-state index is 0.408. The van der Waals surface area contributed by atoms with E-state index in [1.807, 2.05) is 0 Å². The molecular weight excluding hydrogens is 182 g/mol. The van der Waals surface area contributed by atoms with E-state index in [9.17, 15) is 4.91 Å². The molecule has 0 radical (unpaired) electrons. The number of nitroso groups, excluding NO2 is 1. The van der Waals surface area contributed by atoms with Crippen molar-refractivity contribution in [1.82, 2.24) is 0 Å². The molecule has 0 amide bonds. The fraction of sp³-hybridized carbons (Fsp3) is 0.143. The van der Waals surface area contributed by atoms with Crippen LogP contribution in [0.15, 0.2) is 18.2 Å². The van der Waals surface area contributed by atoms with Gasteiger partial charge in [-0.1, -0.05) is 15.8 Å². The van der Waals surface area contributed by atoms with Crippen molar-refractivity contribution in [1.29, 1.82) is 0 Å². The van der Waals surface area contributed by atoms with Gasteiger partial charge in [-0.15, -0.1) is 0 Å². The first-order valence-corrected chi connectivity index (χ1v) is 3.76. The molecule has 1 aromatic rings. The van der Waals surface area contributed by atoms with Crippen molar-refractivity contribution in [2.24, 2.45) is 0 Å². The van der Waals surface area contributed by atoms with E-state index < -0.39 is 0 Å². The van der Waals surface area contributed by atoms with Gasteiger partial charge in [0.15, 0.2) is 0 Å². The average Bonchev–Trinajstić information content (AvgIpc) is 1.85. The summed E-state index contributed by atoms with van der Waals surface area (Å²) in [6.45, 7) is 1.79. The summed E-state index contributed by atoms with van der Waals surface area (Å²) in [7, 11) is 0. The minimum absolute atomic E-state index is 0.408. The maximum atomic E-state index is 10.7. The smallest absolute Gasteiger partial charge is 0.240 e. The van der Waals surface area contributed by atoms with E-state index in [-0.39, 0.29) is 0 Å². The van der Waals surface area contributed by atoms with Crippen LogP contribution in [0.4, 0.5) is 5.69 Å². The third-order valence-corrected chi connectivity index (χ3v) is 1.79. The summed E-state index contributed by atoms with van der Waals surface area (Å²) >= 11 is 10.1. The highest BCUT2D eigenvalue weighted by atomic mass is 35.5. The summed E-state index contributed by atoms with van der Waals surface area (Å²) in [6.07, 6.45) is 0. The van der Waals surface area contributed by atoms with Gasteiger partial charge in [-0.05, 0) is 19.1 Å². The summed E-state index contributed by atoms with van der Waals surface area (Å²) in [6, 6.07) is 4.95. The number of rotatable bonds is 1. The predicted octanol–water partition coefficient (Wildman–Crippen LogP) is 2.52. The molecule has 1 rings (SSSR count). The second kappa shape index (κ2) is 3.15. The van der Waals surface area contributed by atoms with Crippen LogP contribution in [-0.4, -0.2) is 4.17 Å². The van der Waals surface area contributed by atoms with Crippen molar-refractivity contribution in [2.75, 3.05) is 0 Å². The molecule has 0 spiro atoms. The Bertz CT molecular complexity index is 300. The molecule has 1 aromatic carbocycles. The first-order chi connectivity index (χ1) is 5.11. The fourth-order valence-electron chi connectivity index (χ4n) is 0.824. The number of aryl methyl sites for hydroxylation is 1. The van der Waals surface area contributed by atoms with Gasteiger partial charge >= 0.3 is 0 Å². The van der Waals surface area contributed by atoms with Crippen LogP contribution in [0.2, 0.25) is 5.02 Å².